The molecule has 76 valence electrons. The summed E-state index contributed by atoms with van der Waals surface area (Å²) in [5.74, 6) is -0.111. The number of hydrogen-bond acceptors (Lipinski definition) is 3. The van der Waals surface area contributed by atoms with Crippen molar-refractivity contribution in [1.82, 2.24) is 0 Å². The number of carbonyl (C=O) groups excluding carboxylic acids is 1. The third-order valence-electron chi connectivity index (χ3n) is 1.31. The molecule has 0 aromatic heterocycles. The first-order valence-corrected chi connectivity index (χ1v) is 4.71. The Kier molecular flexibility index (Phi) is 7.99. The fraction of sp³-hybridized carbons (Fsp3) is 0.667. The SMILES string of the molecule is CCOC(OCC)C(=O)CC=CCl. The molecule has 0 unspecified atom stereocenters. The maximum atomic E-state index is 11.3. The second kappa shape index (κ2) is 8.23. The molecule has 0 N–H and O–H groups in total. The van der Waals surface area contributed by atoms with Gasteiger partial charge >= 0.3 is 0 Å². The maximum absolute atomic E-state index is 11.3. The first kappa shape index (κ1) is 12.6. The van der Waals surface area contributed by atoms with Gasteiger partial charge < -0.3 is 9.47 Å². The highest BCUT2D eigenvalue weighted by molar-refractivity contribution is 6.25. The van der Waals surface area contributed by atoms with Crippen LogP contribution in [0.2, 0.25) is 0 Å². The van der Waals surface area contributed by atoms with Gasteiger partial charge in [0.1, 0.15) is 0 Å². The summed E-state index contributed by atoms with van der Waals surface area (Å²) in [6, 6.07) is 0. The highest BCUT2D eigenvalue weighted by Gasteiger charge is 2.16. The standard InChI is InChI=1S/C9H15ClO3/c1-3-12-9(13-4-2)8(11)6-5-7-10/h5,7,9H,3-4,6H2,1-2H3. The summed E-state index contributed by atoms with van der Waals surface area (Å²) in [5, 5.41) is 0. The van der Waals surface area contributed by atoms with Crippen molar-refractivity contribution in [3.05, 3.63) is 11.6 Å². The third-order valence-corrected chi connectivity index (χ3v) is 1.49. The van der Waals surface area contributed by atoms with Crippen LogP contribution in [0.1, 0.15) is 20.3 Å². The predicted octanol–water partition coefficient (Wildman–Crippen LogP) is 2.10. The Balaban J connectivity index is 3.94. The van der Waals surface area contributed by atoms with Crippen molar-refractivity contribution >= 4 is 17.4 Å². The lowest BCUT2D eigenvalue weighted by Crippen LogP contribution is -2.27. The largest absolute Gasteiger partial charge is 0.346 e. The maximum Gasteiger partial charge on any atom is 0.218 e. The lowest BCUT2D eigenvalue weighted by Gasteiger charge is -2.14. The summed E-state index contributed by atoms with van der Waals surface area (Å²) in [6.45, 7) is 4.55. The van der Waals surface area contributed by atoms with Crippen LogP contribution >= 0.6 is 11.6 Å². The van der Waals surface area contributed by atoms with Gasteiger partial charge in [0.2, 0.25) is 6.29 Å². The Hall–Kier alpha value is -0.380. The normalized spacial score (nSPS) is 11.4. The quantitative estimate of drug-likeness (QED) is 0.599. The summed E-state index contributed by atoms with van der Waals surface area (Å²) < 4.78 is 10.2. The van der Waals surface area contributed by atoms with Crippen LogP contribution in [-0.4, -0.2) is 25.3 Å². The van der Waals surface area contributed by atoms with Gasteiger partial charge in [0.25, 0.3) is 0 Å². The smallest absolute Gasteiger partial charge is 0.218 e. The minimum absolute atomic E-state index is 0.111. The topological polar surface area (TPSA) is 35.5 Å². The minimum atomic E-state index is -0.747. The molecule has 0 amide bonds. The lowest BCUT2D eigenvalue weighted by molar-refractivity contribution is -0.167. The summed E-state index contributed by atoms with van der Waals surface area (Å²) >= 11 is 5.29. The molecule has 0 aromatic carbocycles. The molecule has 0 aliphatic heterocycles. The number of halogens is 1. The number of rotatable bonds is 7. The van der Waals surface area contributed by atoms with Gasteiger partial charge in [-0.2, -0.15) is 0 Å². The molecule has 3 nitrogen and oxygen atoms in total. The lowest BCUT2D eigenvalue weighted by atomic mass is 10.3. The van der Waals surface area contributed by atoms with E-state index in [9.17, 15) is 4.79 Å². The molecule has 13 heavy (non-hydrogen) atoms. The van der Waals surface area contributed by atoms with Gasteiger partial charge in [-0.1, -0.05) is 17.7 Å². The molecule has 0 bridgehead atoms. The number of ether oxygens (including phenoxy) is 2. The van der Waals surface area contributed by atoms with Crippen LogP contribution in [-0.2, 0) is 14.3 Å². The fourth-order valence-electron chi connectivity index (χ4n) is 0.794. The zero-order valence-corrected chi connectivity index (χ0v) is 8.71. The molecule has 0 heterocycles. The average molecular weight is 207 g/mol. The molecule has 0 fully saturated rings. The Morgan fingerprint density at radius 2 is 1.92 bits per heavy atom. The number of carbonyl (C=O) groups is 1. The van der Waals surface area contributed by atoms with E-state index in [4.69, 9.17) is 21.1 Å². The number of allylic oxidation sites excluding steroid dienone is 1. The van der Waals surface area contributed by atoms with E-state index in [-0.39, 0.29) is 12.2 Å². The molecule has 0 saturated carbocycles. The van der Waals surface area contributed by atoms with Crippen LogP contribution < -0.4 is 0 Å². The van der Waals surface area contributed by atoms with Gasteiger partial charge in [-0.25, -0.2) is 0 Å². The minimum Gasteiger partial charge on any atom is -0.346 e. The van der Waals surface area contributed by atoms with Gasteiger partial charge in [-0.05, 0) is 13.8 Å². The first-order valence-electron chi connectivity index (χ1n) is 4.27. The van der Waals surface area contributed by atoms with Crippen molar-refractivity contribution in [2.24, 2.45) is 0 Å². The van der Waals surface area contributed by atoms with Crippen molar-refractivity contribution in [2.45, 2.75) is 26.6 Å². The molecule has 0 rings (SSSR count). The van der Waals surface area contributed by atoms with Gasteiger partial charge in [-0.15, -0.1) is 0 Å². The van der Waals surface area contributed by atoms with Crippen molar-refractivity contribution in [1.29, 1.82) is 0 Å². The molecule has 4 heteroatoms. The Labute approximate surface area is 83.7 Å². The highest BCUT2D eigenvalue weighted by atomic mass is 35.5. The fourth-order valence-corrected chi connectivity index (χ4v) is 0.883. The van der Waals surface area contributed by atoms with Crippen LogP contribution in [0, 0.1) is 0 Å². The zero-order valence-electron chi connectivity index (χ0n) is 7.96. The van der Waals surface area contributed by atoms with E-state index in [1.165, 1.54) is 5.54 Å². The van der Waals surface area contributed by atoms with Crippen molar-refractivity contribution in [3.8, 4) is 0 Å². The van der Waals surface area contributed by atoms with E-state index in [0.717, 1.165) is 0 Å². The molecular formula is C9H15ClO3. The van der Waals surface area contributed by atoms with Crippen molar-refractivity contribution in [2.75, 3.05) is 13.2 Å². The zero-order chi connectivity index (χ0) is 10.1. The Morgan fingerprint density at radius 1 is 1.38 bits per heavy atom. The molecule has 0 radical (unpaired) electrons. The number of ketones is 1. The average Bonchev–Trinajstić information content (AvgIpc) is 2.14. The Morgan fingerprint density at radius 3 is 2.31 bits per heavy atom. The van der Waals surface area contributed by atoms with Crippen LogP contribution in [0.4, 0.5) is 0 Å². The van der Waals surface area contributed by atoms with Crippen molar-refractivity contribution in [3.63, 3.8) is 0 Å². The highest BCUT2D eigenvalue weighted by Crippen LogP contribution is 2.01. The number of hydrogen-bond donors (Lipinski definition) is 0. The number of Topliss-reactive ketones (excluding diaryl/α,β-unsaturated/α-hetero) is 1. The summed E-state index contributed by atoms with van der Waals surface area (Å²) in [5.41, 5.74) is 1.31. The third kappa shape index (κ3) is 5.80. The van der Waals surface area contributed by atoms with E-state index >= 15 is 0 Å². The summed E-state index contributed by atoms with van der Waals surface area (Å²) in [6.07, 6.45) is 1.06. The van der Waals surface area contributed by atoms with E-state index < -0.39 is 6.29 Å². The first-order chi connectivity index (χ1) is 6.26. The second-order valence-corrected chi connectivity index (χ2v) is 2.53. The van der Waals surface area contributed by atoms with Crippen LogP contribution in [0.15, 0.2) is 11.6 Å². The second-order valence-electron chi connectivity index (χ2n) is 2.27. The molecule has 0 aromatic rings. The van der Waals surface area contributed by atoms with E-state index in [1.807, 2.05) is 13.8 Å². The monoisotopic (exact) mass is 206 g/mol. The molecule has 0 aliphatic rings. The predicted molar refractivity (Wildman–Crippen MR) is 51.7 cm³/mol. The molecular weight excluding hydrogens is 192 g/mol. The molecule has 0 spiro atoms. The van der Waals surface area contributed by atoms with Crippen LogP contribution in [0.5, 0.6) is 0 Å². The van der Waals surface area contributed by atoms with E-state index in [0.29, 0.717) is 13.2 Å². The molecule has 0 atom stereocenters. The van der Waals surface area contributed by atoms with Crippen molar-refractivity contribution < 1.29 is 14.3 Å². The van der Waals surface area contributed by atoms with Gasteiger partial charge in [0, 0.05) is 25.2 Å². The van der Waals surface area contributed by atoms with E-state index in [1.54, 1.807) is 6.08 Å². The van der Waals surface area contributed by atoms with Crippen LogP contribution in [0.25, 0.3) is 0 Å². The van der Waals surface area contributed by atoms with Crippen LogP contribution in [0.3, 0.4) is 0 Å². The van der Waals surface area contributed by atoms with Gasteiger partial charge in [-0.3, -0.25) is 4.79 Å². The summed E-state index contributed by atoms with van der Waals surface area (Å²) in [4.78, 5) is 11.3. The summed E-state index contributed by atoms with van der Waals surface area (Å²) in [7, 11) is 0. The van der Waals surface area contributed by atoms with E-state index in [2.05, 4.69) is 0 Å². The Bertz CT molecular complexity index is 162. The molecule has 0 aliphatic carbocycles. The van der Waals surface area contributed by atoms with Gasteiger partial charge in [0.05, 0.1) is 0 Å². The van der Waals surface area contributed by atoms with Gasteiger partial charge in [0.15, 0.2) is 5.78 Å². The molecule has 0 saturated heterocycles.